The lowest BCUT2D eigenvalue weighted by molar-refractivity contribution is 0.0102. The molecule has 1 atom stereocenters. The second-order valence-electron chi connectivity index (χ2n) is 7.21. The van der Waals surface area contributed by atoms with Crippen LogP contribution in [0.15, 0.2) is 28.8 Å². The highest BCUT2D eigenvalue weighted by Crippen LogP contribution is 2.34. The van der Waals surface area contributed by atoms with Gasteiger partial charge in [-0.2, -0.15) is 0 Å². The zero-order chi connectivity index (χ0) is 17.1. The summed E-state index contributed by atoms with van der Waals surface area (Å²) >= 11 is 0. The third-order valence-corrected chi connectivity index (χ3v) is 5.08. The zero-order valence-corrected chi connectivity index (χ0v) is 14.7. The molecular formula is C18H25N5O2. The fourth-order valence-electron chi connectivity index (χ4n) is 3.98. The van der Waals surface area contributed by atoms with Crippen LogP contribution in [0.4, 0.5) is 6.01 Å². The third kappa shape index (κ3) is 3.82. The molecule has 2 fully saturated rings. The molecular weight excluding hydrogens is 318 g/mol. The van der Waals surface area contributed by atoms with Crippen LogP contribution in [-0.4, -0.2) is 59.5 Å². The Labute approximate surface area is 148 Å². The largest absolute Gasteiger partial charge is 0.408 e. The van der Waals surface area contributed by atoms with E-state index in [2.05, 4.69) is 37.1 Å². The number of nitrogens with zero attached hydrogens (tertiary/aromatic N) is 5. The molecule has 2 aliphatic heterocycles. The summed E-state index contributed by atoms with van der Waals surface area (Å²) in [6.07, 6.45) is 4.20. The minimum Gasteiger partial charge on any atom is -0.408 e. The molecule has 7 heteroatoms. The third-order valence-electron chi connectivity index (χ3n) is 5.08. The van der Waals surface area contributed by atoms with Crippen molar-refractivity contribution in [1.82, 2.24) is 20.1 Å². The number of hydrogen-bond donors (Lipinski definition) is 0. The number of ether oxygens (including phenoxy) is 1. The minimum atomic E-state index is 0.103. The summed E-state index contributed by atoms with van der Waals surface area (Å²) in [5.41, 5.74) is 1.23. The van der Waals surface area contributed by atoms with Crippen LogP contribution >= 0.6 is 0 Å². The molecule has 0 bridgehead atoms. The summed E-state index contributed by atoms with van der Waals surface area (Å²) < 4.78 is 11.6. The Morgan fingerprint density at radius 3 is 2.96 bits per heavy atom. The van der Waals surface area contributed by atoms with E-state index in [0.29, 0.717) is 18.5 Å². The average Bonchev–Trinajstić information content (AvgIpc) is 2.95. The molecule has 2 aromatic heterocycles. The number of anilines is 1. The SMILES string of the molecule is Cc1nnc(N2CCOCC3(CCCN(Cc4ccccn4)C3)C2)o1. The van der Waals surface area contributed by atoms with Crippen molar-refractivity contribution in [1.29, 1.82) is 0 Å². The fourth-order valence-corrected chi connectivity index (χ4v) is 3.98. The van der Waals surface area contributed by atoms with Crippen LogP contribution in [0.1, 0.15) is 24.4 Å². The number of hydrogen-bond acceptors (Lipinski definition) is 7. The number of likely N-dealkylation sites (tertiary alicyclic amines) is 1. The lowest BCUT2D eigenvalue weighted by Crippen LogP contribution is -2.50. The molecule has 1 unspecified atom stereocenters. The first-order chi connectivity index (χ1) is 12.2. The van der Waals surface area contributed by atoms with Gasteiger partial charge in [-0.1, -0.05) is 11.2 Å². The molecule has 0 aliphatic carbocycles. The Bertz CT molecular complexity index is 692. The molecule has 0 radical (unpaired) electrons. The van der Waals surface area contributed by atoms with E-state index < -0.39 is 0 Å². The van der Waals surface area contributed by atoms with Gasteiger partial charge in [-0.15, -0.1) is 5.10 Å². The predicted octanol–water partition coefficient (Wildman–Crippen LogP) is 1.89. The van der Waals surface area contributed by atoms with Gasteiger partial charge in [0.05, 0.1) is 18.9 Å². The summed E-state index contributed by atoms with van der Waals surface area (Å²) in [7, 11) is 0. The summed E-state index contributed by atoms with van der Waals surface area (Å²) in [6, 6.07) is 6.73. The van der Waals surface area contributed by atoms with Crippen LogP contribution in [0.3, 0.4) is 0 Å². The average molecular weight is 343 g/mol. The monoisotopic (exact) mass is 343 g/mol. The maximum Gasteiger partial charge on any atom is 0.318 e. The molecule has 0 saturated carbocycles. The standard InChI is InChI=1S/C18H25N5O2/c1-15-20-21-17(25-15)23-9-10-24-14-18(13-23)6-4-8-22(12-18)11-16-5-2-3-7-19-16/h2-3,5,7H,4,6,8-14H2,1H3. The van der Waals surface area contributed by atoms with Crippen molar-refractivity contribution in [3.8, 4) is 0 Å². The Morgan fingerprint density at radius 2 is 2.16 bits per heavy atom. The normalized spacial score (nSPS) is 25.2. The molecule has 2 aromatic rings. The Kier molecular flexibility index (Phi) is 4.67. The van der Waals surface area contributed by atoms with Crippen molar-refractivity contribution in [2.24, 2.45) is 5.41 Å². The predicted molar refractivity (Wildman–Crippen MR) is 93.2 cm³/mol. The van der Waals surface area contributed by atoms with Gasteiger partial charge >= 0.3 is 6.01 Å². The quantitative estimate of drug-likeness (QED) is 0.843. The van der Waals surface area contributed by atoms with E-state index in [1.165, 1.54) is 6.42 Å². The first kappa shape index (κ1) is 16.5. The minimum absolute atomic E-state index is 0.103. The van der Waals surface area contributed by atoms with Crippen LogP contribution in [0.25, 0.3) is 0 Å². The number of piperidine rings is 1. The van der Waals surface area contributed by atoms with Crippen LogP contribution < -0.4 is 4.90 Å². The molecule has 0 amide bonds. The molecule has 25 heavy (non-hydrogen) atoms. The highest BCUT2D eigenvalue weighted by molar-refractivity contribution is 5.26. The Balaban J connectivity index is 1.48. The smallest absolute Gasteiger partial charge is 0.318 e. The van der Waals surface area contributed by atoms with Crippen molar-refractivity contribution in [2.45, 2.75) is 26.3 Å². The number of aromatic nitrogens is 3. The van der Waals surface area contributed by atoms with E-state index in [9.17, 15) is 0 Å². The first-order valence-electron chi connectivity index (χ1n) is 8.98. The summed E-state index contributed by atoms with van der Waals surface area (Å²) in [5.74, 6) is 0.606. The van der Waals surface area contributed by atoms with Gasteiger partial charge in [0, 0.05) is 44.7 Å². The molecule has 1 spiro atoms. The molecule has 2 aliphatic rings. The highest BCUT2D eigenvalue weighted by atomic mass is 16.5. The van der Waals surface area contributed by atoms with Crippen molar-refractivity contribution < 1.29 is 9.15 Å². The van der Waals surface area contributed by atoms with Gasteiger partial charge in [0.15, 0.2) is 0 Å². The first-order valence-corrected chi connectivity index (χ1v) is 8.98. The van der Waals surface area contributed by atoms with Crippen LogP contribution in [0.2, 0.25) is 0 Å². The second kappa shape index (κ2) is 7.09. The second-order valence-corrected chi connectivity index (χ2v) is 7.21. The van der Waals surface area contributed by atoms with Gasteiger partial charge in [0.1, 0.15) is 0 Å². The van der Waals surface area contributed by atoms with E-state index in [1.807, 2.05) is 19.2 Å². The van der Waals surface area contributed by atoms with E-state index >= 15 is 0 Å². The van der Waals surface area contributed by atoms with E-state index in [-0.39, 0.29) is 5.41 Å². The van der Waals surface area contributed by atoms with Gasteiger partial charge in [-0.05, 0) is 31.5 Å². The lowest BCUT2D eigenvalue weighted by Gasteiger charge is -2.43. The van der Waals surface area contributed by atoms with Gasteiger partial charge in [0.25, 0.3) is 0 Å². The summed E-state index contributed by atoms with van der Waals surface area (Å²) in [4.78, 5) is 9.16. The molecule has 4 heterocycles. The fraction of sp³-hybridized carbons (Fsp3) is 0.611. The topological polar surface area (TPSA) is 67.5 Å². The highest BCUT2D eigenvalue weighted by Gasteiger charge is 2.40. The van der Waals surface area contributed by atoms with Gasteiger partial charge in [-0.3, -0.25) is 9.88 Å². The van der Waals surface area contributed by atoms with Gasteiger partial charge in [0.2, 0.25) is 5.89 Å². The molecule has 2 saturated heterocycles. The summed E-state index contributed by atoms with van der Waals surface area (Å²) in [5, 5.41) is 8.18. The maximum absolute atomic E-state index is 5.97. The van der Waals surface area contributed by atoms with Crippen molar-refractivity contribution in [2.75, 3.05) is 44.3 Å². The van der Waals surface area contributed by atoms with Gasteiger partial charge < -0.3 is 14.1 Å². The Morgan fingerprint density at radius 1 is 1.20 bits per heavy atom. The van der Waals surface area contributed by atoms with E-state index in [4.69, 9.17) is 9.15 Å². The number of pyridine rings is 1. The van der Waals surface area contributed by atoms with Crippen molar-refractivity contribution in [3.63, 3.8) is 0 Å². The van der Waals surface area contributed by atoms with E-state index in [0.717, 1.165) is 51.4 Å². The zero-order valence-electron chi connectivity index (χ0n) is 14.7. The van der Waals surface area contributed by atoms with Crippen molar-refractivity contribution >= 4 is 6.01 Å². The number of aryl methyl sites for hydroxylation is 1. The summed E-state index contributed by atoms with van der Waals surface area (Å²) in [6.45, 7) is 8.01. The van der Waals surface area contributed by atoms with E-state index in [1.54, 1.807) is 0 Å². The number of rotatable bonds is 3. The molecule has 7 nitrogen and oxygen atoms in total. The maximum atomic E-state index is 5.97. The molecule has 134 valence electrons. The van der Waals surface area contributed by atoms with Crippen molar-refractivity contribution in [3.05, 3.63) is 36.0 Å². The molecule has 4 rings (SSSR count). The van der Waals surface area contributed by atoms with Gasteiger partial charge in [-0.25, -0.2) is 0 Å². The molecule has 0 aromatic carbocycles. The Hall–Kier alpha value is -1.99. The molecule has 0 N–H and O–H groups in total. The lowest BCUT2D eigenvalue weighted by atomic mass is 9.80. The van der Waals surface area contributed by atoms with Crippen LogP contribution in [0.5, 0.6) is 0 Å². The van der Waals surface area contributed by atoms with Crippen LogP contribution in [-0.2, 0) is 11.3 Å². The van der Waals surface area contributed by atoms with Crippen LogP contribution in [0, 0.1) is 12.3 Å².